The number of hydrogen-bond acceptors (Lipinski definition) is 2. The van der Waals surface area contributed by atoms with Gasteiger partial charge in [-0.15, -0.1) is 0 Å². The molecule has 1 aliphatic rings. The van der Waals surface area contributed by atoms with E-state index in [4.69, 9.17) is 11.6 Å². The number of carbonyl (C=O) groups excluding carboxylic acids is 2. The van der Waals surface area contributed by atoms with Gasteiger partial charge in [0.1, 0.15) is 0 Å². The zero-order chi connectivity index (χ0) is 18.7. The number of carbonyl (C=O) groups is 2. The van der Waals surface area contributed by atoms with Crippen LogP contribution in [0.3, 0.4) is 0 Å². The van der Waals surface area contributed by atoms with Gasteiger partial charge in [-0.3, -0.25) is 9.59 Å². The lowest BCUT2D eigenvalue weighted by Gasteiger charge is -2.19. The van der Waals surface area contributed by atoms with Gasteiger partial charge in [0.15, 0.2) is 0 Å². The topological polar surface area (TPSA) is 49.4 Å². The maximum Gasteiger partial charge on any atom is 0.255 e. The molecular weight excluding hydrogens is 348 g/mol. The lowest BCUT2D eigenvalue weighted by Crippen LogP contribution is -2.24. The third-order valence-electron chi connectivity index (χ3n) is 4.81. The van der Waals surface area contributed by atoms with Crippen LogP contribution in [0.1, 0.15) is 48.2 Å². The van der Waals surface area contributed by atoms with Crippen LogP contribution in [0.25, 0.3) is 0 Å². The largest absolute Gasteiger partial charge is 0.321 e. The first-order valence-corrected chi connectivity index (χ1v) is 9.45. The molecule has 5 heteroatoms. The fourth-order valence-electron chi connectivity index (χ4n) is 3.35. The van der Waals surface area contributed by atoms with E-state index in [1.165, 1.54) is 0 Å². The van der Waals surface area contributed by atoms with Gasteiger partial charge in [-0.05, 0) is 48.6 Å². The second kappa shape index (κ2) is 7.92. The van der Waals surface area contributed by atoms with Gasteiger partial charge in [0, 0.05) is 24.2 Å². The first-order chi connectivity index (χ1) is 12.5. The van der Waals surface area contributed by atoms with E-state index in [2.05, 4.69) is 19.2 Å². The number of benzene rings is 2. The van der Waals surface area contributed by atoms with Crippen molar-refractivity contribution in [2.75, 3.05) is 16.8 Å². The summed E-state index contributed by atoms with van der Waals surface area (Å²) in [6.07, 6.45) is 3.03. The van der Waals surface area contributed by atoms with Crippen LogP contribution in [-0.4, -0.2) is 18.4 Å². The number of nitrogens with zero attached hydrogens (tertiary/aromatic N) is 1. The molecule has 1 aliphatic heterocycles. The van der Waals surface area contributed by atoms with Crippen LogP contribution in [0.5, 0.6) is 0 Å². The minimum absolute atomic E-state index is 0.0501. The van der Waals surface area contributed by atoms with Crippen molar-refractivity contribution >= 4 is 34.8 Å². The fraction of sp³-hybridized carbons (Fsp3) is 0.333. The van der Waals surface area contributed by atoms with E-state index < -0.39 is 0 Å². The van der Waals surface area contributed by atoms with Crippen molar-refractivity contribution < 1.29 is 9.59 Å². The molecule has 0 aliphatic carbocycles. The molecule has 4 nitrogen and oxygen atoms in total. The van der Waals surface area contributed by atoms with Gasteiger partial charge in [-0.25, -0.2) is 0 Å². The summed E-state index contributed by atoms with van der Waals surface area (Å²) < 4.78 is 0. The summed E-state index contributed by atoms with van der Waals surface area (Å²) in [5.74, 6) is -0.140. The number of amides is 2. The molecule has 0 saturated carbocycles. The number of nitrogens with one attached hydrogen (secondary N) is 1. The average molecular weight is 371 g/mol. The molecular formula is C21H23ClN2O2. The Balaban J connectivity index is 1.91. The Kier molecular flexibility index (Phi) is 5.62. The van der Waals surface area contributed by atoms with Crippen molar-refractivity contribution in [2.45, 2.75) is 39.5 Å². The summed E-state index contributed by atoms with van der Waals surface area (Å²) in [5, 5.41) is 3.55. The van der Waals surface area contributed by atoms with Gasteiger partial charge < -0.3 is 10.2 Å². The molecule has 1 heterocycles. The van der Waals surface area contributed by atoms with E-state index in [0.717, 1.165) is 36.1 Å². The highest BCUT2D eigenvalue weighted by atomic mass is 35.5. The first kappa shape index (κ1) is 18.5. The fourth-order valence-corrected chi connectivity index (χ4v) is 3.57. The molecule has 0 spiro atoms. The van der Waals surface area contributed by atoms with Crippen LogP contribution in [0.15, 0.2) is 36.4 Å². The number of anilines is 2. The lowest BCUT2D eigenvalue weighted by atomic mass is 10.0. The van der Waals surface area contributed by atoms with Gasteiger partial charge in [-0.2, -0.15) is 0 Å². The molecule has 1 N–H and O–H groups in total. The molecule has 0 radical (unpaired) electrons. The van der Waals surface area contributed by atoms with E-state index in [0.29, 0.717) is 29.2 Å². The van der Waals surface area contributed by atoms with E-state index >= 15 is 0 Å². The SMILES string of the molecule is CCc1cccc(CC)c1NC(=O)c1ccc(Cl)c(N2CCCC2=O)c1. The van der Waals surface area contributed by atoms with Crippen molar-refractivity contribution in [1.82, 2.24) is 0 Å². The third kappa shape index (κ3) is 3.61. The number of para-hydroxylation sites is 1. The number of halogens is 1. The first-order valence-electron chi connectivity index (χ1n) is 9.07. The molecule has 0 bridgehead atoms. The summed E-state index contributed by atoms with van der Waals surface area (Å²) in [6.45, 7) is 4.79. The molecule has 2 aromatic rings. The van der Waals surface area contributed by atoms with Crippen LogP contribution in [-0.2, 0) is 17.6 Å². The lowest BCUT2D eigenvalue weighted by molar-refractivity contribution is -0.117. The molecule has 0 aromatic heterocycles. The minimum atomic E-state index is -0.190. The molecule has 2 aromatic carbocycles. The second-order valence-electron chi connectivity index (χ2n) is 6.43. The Bertz CT molecular complexity index is 826. The summed E-state index contributed by atoms with van der Waals surface area (Å²) in [7, 11) is 0. The highest BCUT2D eigenvalue weighted by Gasteiger charge is 2.24. The zero-order valence-electron chi connectivity index (χ0n) is 15.1. The number of aryl methyl sites for hydroxylation is 2. The number of rotatable bonds is 5. The van der Waals surface area contributed by atoms with Crippen molar-refractivity contribution in [3.05, 3.63) is 58.1 Å². The second-order valence-corrected chi connectivity index (χ2v) is 6.83. The Morgan fingerprint density at radius 2 is 1.85 bits per heavy atom. The molecule has 136 valence electrons. The summed E-state index contributed by atoms with van der Waals surface area (Å²) in [4.78, 5) is 26.5. The summed E-state index contributed by atoms with van der Waals surface area (Å²) in [5.41, 5.74) is 4.22. The smallest absolute Gasteiger partial charge is 0.255 e. The van der Waals surface area contributed by atoms with Crippen molar-refractivity contribution in [1.29, 1.82) is 0 Å². The van der Waals surface area contributed by atoms with Gasteiger partial charge in [0.25, 0.3) is 5.91 Å². The van der Waals surface area contributed by atoms with E-state index in [-0.39, 0.29) is 11.8 Å². The monoisotopic (exact) mass is 370 g/mol. The van der Waals surface area contributed by atoms with Crippen LogP contribution in [0, 0.1) is 0 Å². The maximum absolute atomic E-state index is 12.9. The van der Waals surface area contributed by atoms with Gasteiger partial charge >= 0.3 is 0 Å². The van der Waals surface area contributed by atoms with Gasteiger partial charge in [0.2, 0.25) is 5.91 Å². The Morgan fingerprint density at radius 1 is 1.15 bits per heavy atom. The predicted octanol–water partition coefficient (Wildman–Crippen LogP) is 4.84. The Morgan fingerprint density at radius 3 is 2.42 bits per heavy atom. The third-order valence-corrected chi connectivity index (χ3v) is 5.13. The van der Waals surface area contributed by atoms with Crippen molar-refractivity contribution in [3.8, 4) is 0 Å². The molecule has 0 unspecified atom stereocenters. The van der Waals surface area contributed by atoms with Crippen LogP contribution >= 0.6 is 11.6 Å². The normalized spacial score (nSPS) is 14.0. The Labute approximate surface area is 159 Å². The minimum Gasteiger partial charge on any atom is -0.321 e. The standard InChI is InChI=1S/C21H23ClN2O2/c1-3-14-7-5-8-15(4-2)20(14)23-21(26)16-10-11-17(22)18(13-16)24-12-6-9-19(24)25/h5,7-8,10-11,13H,3-4,6,9,12H2,1-2H3,(H,23,26). The molecule has 3 rings (SSSR count). The zero-order valence-corrected chi connectivity index (χ0v) is 15.9. The maximum atomic E-state index is 12.9. The van der Waals surface area contributed by atoms with E-state index in [1.807, 2.05) is 18.2 Å². The molecule has 2 amide bonds. The van der Waals surface area contributed by atoms with Crippen molar-refractivity contribution in [2.24, 2.45) is 0 Å². The molecule has 1 saturated heterocycles. The van der Waals surface area contributed by atoms with Crippen LogP contribution in [0.2, 0.25) is 5.02 Å². The van der Waals surface area contributed by atoms with Gasteiger partial charge in [0.05, 0.1) is 10.7 Å². The quantitative estimate of drug-likeness (QED) is 0.818. The van der Waals surface area contributed by atoms with Crippen LogP contribution < -0.4 is 10.2 Å². The summed E-state index contributed by atoms with van der Waals surface area (Å²) >= 11 is 6.28. The Hall–Kier alpha value is -2.33. The molecule has 0 atom stereocenters. The van der Waals surface area contributed by atoms with Crippen LogP contribution in [0.4, 0.5) is 11.4 Å². The summed E-state index contributed by atoms with van der Waals surface area (Å²) in [6, 6.07) is 11.2. The number of hydrogen-bond donors (Lipinski definition) is 1. The van der Waals surface area contributed by atoms with E-state index in [9.17, 15) is 9.59 Å². The van der Waals surface area contributed by atoms with E-state index in [1.54, 1.807) is 23.1 Å². The average Bonchev–Trinajstić information content (AvgIpc) is 3.07. The predicted molar refractivity (Wildman–Crippen MR) is 106 cm³/mol. The molecule has 1 fully saturated rings. The highest BCUT2D eigenvalue weighted by molar-refractivity contribution is 6.34. The van der Waals surface area contributed by atoms with Gasteiger partial charge in [-0.1, -0.05) is 43.6 Å². The highest BCUT2D eigenvalue weighted by Crippen LogP contribution is 2.31. The molecule has 26 heavy (non-hydrogen) atoms. The van der Waals surface area contributed by atoms with Crippen molar-refractivity contribution in [3.63, 3.8) is 0 Å².